The standard InChI is InChI=1S/C24H27F3N8O2/c1-24(12-37-13-24)33-7-6-17(16(25)10-33)28-23-29-22(36-2)21-15(5-8-34(21)31-23)14-3-4-18-19(9-14)35(32-30-18)11-20(26)27/h3-5,8-9,16-17,20H,6-7,10-13H2,1-2H3,(H,28,31)/t16-,17+/m1/s1/i2D3. The van der Waals surface area contributed by atoms with Crippen LogP contribution < -0.4 is 10.1 Å². The van der Waals surface area contributed by atoms with Crippen LogP contribution in [0.5, 0.6) is 5.88 Å². The van der Waals surface area contributed by atoms with Gasteiger partial charge in [0.05, 0.1) is 41.5 Å². The Balaban J connectivity index is 1.33. The number of ether oxygens (including phenoxy) is 2. The first kappa shape index (κ1) is 20.6. The van der Waals surface area contributed by atoms with Gasteiger partial charge in [-0.3, -0.25) is 4.90 Å². The molecule has 2 aliphatic rings. The fourth-order valence-electron chi connectivity index (χ4n) is 5.06. The van der Waals surface area contributed by atoms with E-state index >= 15 is 4.39 Å². The number of likely N-dealkylation sites (tertiary alicyclic amines) is 1. The smallest absolute Gasteiger partial charge is 0.258 e. The summed E-state index contributed by atoms with van der Waals surface area (Å²) < 4.78 is 77.4. The molecule has 2 fully saturated rings. The van der Waals surface area contributed by atoms with Gasteiger partial charge in [-0.1, -0.05) is 11.3 Å². The fraction of sp³-hybridized carbons (Fsp3) is 0.500. The number of aromatic nitrogens is 6. The van der Waals surface area contributed by atoms with Crippen LogP contribution in [0.1, 0.15) is 17.5 Å². The Morgan fingerprint density at radius 1 is 1.32 bits per heavy atom. The lowest BCUT2D eigenvalue weighted by molar-refractivity contribution is -0.142. The van der Waals surface area contributed by atoms with Crippen LogP contribution >= 0.6 is 0 Å². The molecule has 0 radical (unpaired) electrons. The second-order valence-electron chi connectivity index (χ2n) is 9.72. The van der Waals surface area contributed by atoms with Gasteiger partial charge < -0.3 is 14.8 Å². The number of hydrogen-bond donors (Lipinski definition) is 1. The third kappa shape index (κ3) is 4.25. The number of alkyl halides is 3. The highest BCUT2D eigenvalue weighted by atomic mass is 19.3. The number of piperidine rings is 1. The summed E-state index contributed by atoms with van der Waals surface area (Å²) in [6.07, 6.45) is -1.74. The monoisotopic (exact) mass is 519 g/mol. The number of benzene rings is 1. The number of halogens is 3. The van der Waals surface area contributed by atoms with Gasteiger partial charge in [0, 0.05) is 24.8 Å². The van der Waals surface area contributed by atoms with Gasteiger partial charge in [-0.2, -0.15) is 4.98 Å². The highest BCUT2D eigenvalue weighted by Gasteiger charge is 2.43. The molecule has 13 heteroatoms. The average Bonchev–Trinajstić information content (AvgIpc) is 3.46. The molecule has 4 aromatic rings. The minimum absolute atomic E-state index is 0.0165. The van der Waals surface area contributed by atoms with E-state index in [0.717, 1.165) is 4.68 Å². The molecule has 6 rings (SSSR count). The third-order valence-corrected chi connectivity index (χ3v) is 7.16. The van der Waals surface area contributed by atoms with E-state index in [1.807, 2.05) is 0 Å². The molecule has 10 nitrogen and oxygen atoms in total. The molecule has 2 aliphatic heterocycles. The van der Waals surface area contributed by atoms with E-state index in [1.165, 1.54) is 4.52 Å². The Morgan fingerprint density at radius 3 is 2.92 bits per heavy atom. The summed E-state index contributed by atoms with van der Waals surface area (Å²) >= 11 is 0. The molecule has 0 bridgehead atoms. The second kappa shape index (κ2) is 9.14. The number of hydrogen-bond acceptors (Lipinski definition) is 8. The van der Waals surface area contributed by atoms with Crippen molar-refractivity contribution in [2.45, 2.75) is 44.1 Å². The normalized spacial score (nSPS) is 23.5. The van der Waals surface area contributed by atoms with Crippen LogP contribution in [-0.2, 0) is 11.3 Å². The summed E-state index contributed by atoms with van der Waals surface area (Å²) in [6.45, 7) is 3.46. The van der Waals surface area contributed by atoms with Crippen molar-refractivity contribution in [3.05, 3.63) is 30.5 Å². The summed E-state index contributed by atoms with van der Waals surface area (Å²) in [4.78, 5) is 6.41. The van der Waals surface area contributed by atoms with Crippen molar-refractivity contribution in [1.82, 2.24) is 34.5 Å². The number of rotatable bonds is 7. The molecule has 37 heavy (non-hydrogen) atoms. The lowest BCUT2D eigenvalue weighted by atomic mass is 9.92. The quantitative estimate of drug-likeness (QED) is 0.398. The summed E-state index contributed by atoms with van der Waals surface area (Å²) in [7, 11) is -2.83. The zero-order chi connectivity index (χ0) is 28.2. The first-order valence-electron chi connectivity index (χ1n) is 13.4. The highest BCUT2D eigenvalue weighted by Crippen LogP contribution is 2.34. The fourth-order valence-corrected chi connectivity index (χ4v) is 5.06. The summed E-state index contributed by atoms with van der Waals surface area (Å²) in [6, 6.07) is 6.07. The largest absolute Gasteiger partial charge is 0.479 e. The van der Waals surface area contributed by atoms with Gasteiger partial charge in [-0.15, -0.1) is 10.2 Å². The summed E-state index contributed by atoms with van der Waals surface area (Å²) in [5.74, 6) is -0.216. The Bertz CT molecular complexity index is 1540. The van der Waals surface area contributed by atoms with E-state index in [-0.39, 0.29) is 29.4 Å². The SMILES string of the molecule is [2H]C([2H])([2H])Oc1nc(N[C@H]2CCN(C3(C)COC3)C[C@H]2F)nn2ccc(-c3ccc4nnn(CC(F)F)c4c3)c12. The van der Waals surface area contributed by atoms with Crippen LogP contribution in [0.2, 0.25) is 0 Å². The number of methoxy groups -OCH3 is 1. The van der Waals surface area contributed by atoms with Gasteiger partial charge in [0.15, 0.2) is 0 Å². The molecule has 0 saturated carbocycles. The van der Waals surface area contributed by atoms with Crippen LogP contribution in [0.3, 0.4) is 0 Å². The number of nitrogens with one attached hydrogen (secondary N) is 1. The van der Waals surface area contributed by atoms with Crippen LogP contribution in [-0.4, -0.2) is 92.0 Å². The molecule has 0 spiro atoms. The second-order valence-corrected chi connectivity index (χ2v) is 9.72. The van der Waals surface area contributed by atoms with E-state index in [9.17, 15) is 8.78 Å². The summed E-state index contributed by atoms with van der Waals surface area (Å²) in [5, 5.41) is 15.2. The highest BCUT2D eigenvalue weighted by molar-refractivity contribution is 5.89. The zero-order valence-electron chi connectivity index (χ0n) is 22.9. The van der Waals surface area contributed by atoms with Crippen molar-refractivity contribution in [1.29, 1.82) is 0 Å². The lowest BCUT2D eigenvalue weighted by Crippen LogP contribution is -2.64. The molecule has 5 heterocycles. The predicted molar refractivity (Wildman–Crippen MR) is 130 cm³/mol. The van der Waals surface area contributed by atoms with E-state index in [2.05, 4.69) is 37.5 Å². The van der Waals surface area contributed by atoms with Gasteiger partial charge in [-0.05, 0) is 37.1 Å². The van der Waals surface area contributed by atoms with Gasteiger partial charge in [0.1, 0.15) is 23.7 Å². The molecular formula is C24H27F3N8O2. The first-order chi connectivity index (χ1) is 19.0. The molecule has 0 unspecified atom stereocenters. The Kier molecular flexibility index (Phi) is 5.08. The van der Waals surface area contributed by atoms with Crippen molar-refractivity contribution in [2.75, 3.05) is 38.7 Å². The van der Waals surface area contributed by atoms with Crippen molar-refractivity contribution in [2.24, 2.45) is 0 Å². The number of anilines is 1. The molecule has 1 aromatic carbocycles. The molecule has 1 N–H and O–H groups in total. The topological polar surface area (TPSA) is 94.6 Å². The van der Waals surface area contributed by atoms with Crippen LogP contribution in [0.25, 0.3) is 27.7 Å². The number of fused-ring (bicyclic) bond motifs is 2. The molecule has 0 aliphatic carbocycles. The maximum absolute atomic E-state index is 15.2. The van der Waals surface area contributed by atoms with E-state index in [0.29, 0.717) is 48.3 Å². The molecule has 0 amide bonds. The van der Waals surface area contributed by atoms with Crippen molar-refractivity contribution < 1.29 is 26.8 Å². The van der Waals surface area contributed by atoms with Gasteiger partial charge >= 0.3 is 0 Å². The maximum atomic E-state index is 15.2. The third-order valence-electron chi connectivity index (χ3n) is 7.16. The Labute approximate surface area is 214 Å². The van der Waals surface area contributed by atoms with Crippen LogP contribution in [0.4, 0.5) is 19.1 Å². The molecule has 2 saturated heterocycles. The van der Waals surface area contributed by atoms with Crippen LogP contribution in [0, 0.1) is 0 Å². The van der Waals surface area contributed by atoms with Crippen LogP contribution in [0.15, 0.2) is 30.5 Å². The first-order valence-corrected chi connectivity index (χ1v) is 11.9. The summed E-state index contributed by atoms with van der Waals surface area (Å²) in [5.41, 5.74) is 1.97. The van der Waals surface area contributed by atoms with Gasteiger partial charge in [0.25, 0.3) is 6.43 Å². The predicted octanol–water partition coefficient (Wildman–Crippen LogP) is 3.03. The van der Waals surface area contributed by atoms with Gasteiger partial charge in [0.2, 0.25) is 11.8 Å². The minimum atomic E-state index is -2.83. The van der Waals surface area contributed by atoms with Crippen molar-refractivity contribution >= 4 is 22.5 Å². The lowest BCUT2D eigenvalue weighted by Gasteiger charge is -2.50. The van der Waals surface area contributed by atoms with Crippen molar-refractivity contribution in [3.63, 3.8) is 0 Å². The maximum Gasteiger partial charge on any atom is 0.258 e. The zero-order valence-corrected chi connectivity index (χ0v) is 19.9. The minimum Gasteiger partial charge on any atom is -0.479 e. The number of nitrogens with zero attached hydrogens (tertiary/aromatic N) is 7. The van der Waals surface area contributed by atoms with E-state index in [1.54, 1.807) is 30.5 Å². The molecular weight excluding hydrogens is 489 g/mol. The van der Waals surface area contributed by atoms with E-state index < -0.39 is 32.2 Å². The molecule has 2 atom stereocenters. The Morgan fingerprint density at radius 2 is 2.19 bits per heavy atom. The Hall–Kier alpha value is -3.45. The average molecular weight is 520 g/mol. The van der Waals surface area contributed by atoms with Crippen molar-refractivity contribution in [3.8, 4) is 17.0 Å². The van der Waals surface area contributed by atoms with Gasteiger partial charge in [-0.25, -0.2) is 22.4 Å². The molecule has 3 aromatic heterocycles. The molecule has 196 valence electrons. The van der Waals surface area contributed by atoms with E-state index in [4.69, 9.17) is 13.6 Å².